The zero-order valence-electron chi connectivity index (χ0n) is 15.4. The number of hydrogen-bond acceptors (Lipinski definition) is 5. The van der Waals surface area contributed by atoms with E-state index in [1.165, 1.54) is 5.56 Å². The Labute approximate surface area is 163 Å². The van der Waals surface area contributed by atoms with Crippen LogP contribution in [0.4, 0.5) is 5.82 Å². The normalized spacial score (nSPS) is 15.1. The molecule has 1 N–H and O–H groups in total. The van der Waals surface area contributed by atoms with E-state index >= 15 is 0 Å². The monoisotopic (exact) mass is 419 g/mol. The molecular formula is C20H26BrN3O2. The van der Waals surface area contributed by atoms with Gasteiger partial charge in [0.25, 0.3) is 0 Å². The molecule has 0 bridgehead atoms. The minimum atomic E-state index is 0.520. The van der Waals surface area contributed by atoms with Crippen LogP contribution in [0, 0.1) is 0 Å². The van der Waals surface area contributed by atoms with Gasteiger partial charge in [-0.3, -0.25) is 0 Å². The Hall–Kier alpha value is -1.79. The molecule has 1 aliphatic heterocycles. The van der Waals surface area contributed by atoms with Gasteiger partial charge in [0.1, 0.15) is 5.82 Å². The lowest BCUT2D eigenvalue weighted by Crippen LogP contribution is -2.42. The van der Waals surface area contributed by atoms with Gasteiger partial charge in [-0.05, 0) is 65.5 Å². The van der Waals surface area contributed by atoms with Crippen molar-refractivity contribution >= 4 is 21.7 Å². The molecule has 0 saturated carbocycles. The van der Waals surface area contributed by atoms with Crippen molar-refractivity contribution in [1.29, 1.82) is 0 Å². The number of benzene rings is 1. The quantitative estimate of drug-likeness (QED) is 0.734. The van der Waals surface area contributed by atoms with Crippen molar-refractivity contribution in [3.63, 3.8) is 0 Å². The molecule has 1 saturated heterocycles. The number of piperidine rings is 1. The Kier molecular flexibility index (Phi) is 6.74. The van der Waals surface area contributed by atoms with Crippen LogP contribution < -0.4 is 19.7 Å². The lowest BCUT2D eigenvalue weighted by molar-refractivity contribution is 0.309. The van der Waals surface area contributed by atoms with Gasteiger partial charge >= 0.3 is 0 Å². The summed E-state index contributed by atoms with van der Waals surface area (Å²) in [4.78, 5) is 6.81. The molecular weight excluding hydrogens is 394 g/mol. The van der Waals surface area contributed by atoms with Crippen LogP contribution in [0.1, 0.15) is 25.3 Å². The van der Waals surface area contributed by atoms with Crippen LogP contribution in [0.25, 0.3) is 0 Å². The maximum Gasteiger partial charge on any atom is 0.174 e. The van der Waals surface area contributed by atoms with Crippen LogP contribution in [0.5, 0.6) is 11.5 Å². The van der Waals surface area contributed by atoms with Gasteiger partial charge < -0.3 is 19.7 Å². The summed E-state index contributed by atoms with van der Waals surface area (Å²) >= 11 is 3.58. The second-order valence-electron chi connectivity index (χ2n) is 6.37. The number of nitrogens with zero attached hydrogens (tertiary/aromatic N) is 2. The minimum Gasteiger partial charge on any atom is -0.492 e. The number of halogens is 1. The Morgan fingerprint density at radius 1 is 1.27 bits per heavy atom. The average molecular weight is 420 g/mol. The molecule has 1 fully saturated rings. The zero-order valence-corrected chi connectivity index (χ0v) is 17.0. The summed E-state index contributed by atoms with van der Waals surface area (Å²) in [6.07, 6.45) is 4.09. The summed E-state index contributed by atoms with van der Waals surface area (Å²) < 4.78 is 12.1. The van der Waals surface area contributed by atoms with Crippen molar-refractivity contribution < 1.29 is 9.47 Å². The third kappa shape index (κ3) is 4.68. The van der Waals surface area contributed by atoms with E-state index < -0.39 is 0 Å². The predicted molar refractivity (Wildman–Crippen MR) is 108 cm³/mol. The molecule has 0 radical (unpaired) electrons. The van der Waals surface area contributed by atoms with Gasteiger partial charge in [0.2, 0.25) is 0 Å². The van der Waals surface area contributed by atoms with Crippen molar-refractivity contribution in [1.82, 2.24) is 10.3 Å². The maximum absolute atomic E-state index is 5.71. The average Bonchev–Trinajstić information content (AvgIpc) is 2.68. The van der Waals surface area contributed by atoms with Crippen molar-refractivity contribution in [2.45, 2.75) is 32.4 Å². The van der Waals surface area contributed by atoms with E-state index in [2.05, 4.69) is 49.3 Å². The standard InChI is InChI=1S/C20H26BrN3O2/c1-3-26-18-13-15(12-17(21)20(18)25-2)14-23-16-7-10-24(11-8-16)19-6-4-5-9-22-19/h4-6,9,12-13,16,23H,3,7-8,10-11,14H2,1-2H3. The van der Waals surface area contributed by atoms with Gasteiger partial charge in [-0.2, -0.15) is 0 Å². The first-order chi connectivity index (χ1) is 12.7. The van der Waals surface area contributed by atoms with Gasteiger partial charge in [0.05, 0.1) is 18.2 Å². The molecule has 6 heteroatoms. The minimum absolute atomic E-state index is 0.520. The van der Waals surface area contributed by atoms with E-state index in [0.717, 1.165) is 54.3 Å². The fourth-order valence-corrected chi connectivity index (χ4v) is 3.95. The number of anilines is 1. The molecule has 0 amide bonds. The highest BCUT2D eigenvalue weighted by molar-refractivity contribution is 9.10. The third-order valence-electron chi connectivity index (χ3n) is 4.64. The van der Waals surface area contributed by atoms with Crippen LogP contribution in [0.2, 0.25) is 0 Å². The lowest BCUT2D eigenvalue weighted by atomic mass is 10.0. The predicted octanol–water partition coefficient (Wildman–Crippen LogP) is 4.01. The molecule has 0 spiro atoms. The fourth-order valence-electron chi connectivity index (χ4n) is 3.30. The smallest absolute Gasteiger partial charge is 0.174 e. The summed E-state index contributed by atoms with van der Waals surface area (Å²) in [7, 11) is 1.66. The molecule has 5 nitrogen and oxygen atoms in total. The maximum atomic E-state index is 5.71. The number of nitrogens with one attached hydrogen (secondary N) is 1. The van der Waals surface area contributed by atoms with Crippen molar-refractivity contribution in [3.05, 3.63) is 46.6 Å². The first kappa shape index (κ1) is 19.0. The summed E-state index contributed by atoms with van der Waals surface area (Å²) in [5.41, 5.74) is 1.19. The molecule has 1 aromatic heterocycles. The molecule has 1 aromatic carbocycles. The third-order valence-corrected chi connectivity index (χ3v) is 5.23. The van der Waals surface area contributed by atoms with Gasteiger partial charge in [-0.25, -0.2) is 4.98 Å². The van der Waals surface area contributed by atoms with E-state index in [4.69, 9.17) is 9.47 Å². The highest BCUT2D eigenvalue weighted by Gasteiger charge is 2.20. The molecule has 2 aromatic rings. The highest BCUT2D eigenvalue weighted by atomic mass is 79.9. The fraction of sp³-hybridized carbons (Fsp3) is 0.450. The number of hydrogen-bond donors (Lipinski definition) is 1. The summed E-state index contributed by atoms with van der Waals surface area (Å²) in [6, 6.07) is 10.8. The van der Waals surface area contributed by atoms with E-state index in [1.807, 2.05) is 25.3 Å². The van der Waals surface area contributed by atoms with Crippen LogP contribution in [0.3, 0.4) is 0 Å². The van der Waals surface area contributed by atoms with Crippen LogP contribution in [-0.2, 0) is 6.54 Å². The van der Waals surface area contributed by atoms with Crippen molar-refractivity contribution in [2.75, 3.05) is 31.7 Å². The number of rotatable bonds is 7. The molecule has 26 heavy (non-hydrogen) atoms. The lowest BCUT2D eigenvalue weighted by Gasteiger charge is -2.33. The molecule has 0 atom stereocenters. The van der Waals surface area contributed by atoms with Crippen LogP contribution in [0.15, 0.2) is 41.0 Å². The van der Waals surface area contributed by atoms with E-state index in [9.17, 15) is 0 Å². The molecule has 0 aliphatic carbocycles. The summed E-state index contributed by atoms with van der Waals surface area (Å²) in [5, 5.41) is 3.68. The van der Waals surface area contributed by atoms with Gasteiger partial charge in [0.15, 0.2) is 11.5 Å². The molecule has 0 unspecified atom stereocenters. The number of pyridine rings is 1. The van der Waals surface area contributed by atoms with E-state index in [-0.39, 0.29) is 0 Å². The van der Waals surface area contributed by atoms with Crippen molar-refractivity contribution in [3.8, 4) is 11.5 Å². The first-order valence-corrected chi connectivity index (χ1v) is 9.89. The topological polar surface area (TPSA) is 46.6 Å². The van der Waals surface area contributed by atoms with E-state index in [0.29, 0.717) is 12.6 Å². The van der Waals surface area contributed by atoms with E-state index in [1.54, 1.807) is 7.11 Å². The Morgan fingerprint density at radius 3 is 2.73 bits per heavy atom. The van der Waals surface area contributed by atoms with Gasteiger partial charge in [0, 0.05) is 31.9 Å². The summed E-state index contributed by atoms with van der Waals surface area (Å²) in [5.74, 6) is 2.61. The Morgan fingerprint density at radius 2 is 2.08 bits per heavy atom. The zero-order chi connectivity index (χ0) is 18.4. The second kappa shape index (κ2) is 9.24. The number of methoxy groups -OCH3 is 1. The highest BCUT2D eigenvalue weighted by Crippen LogP contribution is 2.36. The summed E-state index contributed by atoms with van der Waals surface area (Å²) in [6.45, 7) is 5.48. The SMILES string of the molecule is CCOc1cc(CNC2CCN(c3ccccn3)CC2)cc(Br)c1OC. The first-order valence-electron chi connectivity index (χ1n) is 9.09. The van der Waals surface area contributed by atoms with Crippen LogP contribution in [-0.4, -0.2) is 37.8 Å². The molecule has 2 heterocycles. The Bertz CT molecular complexity index is 704. The molecule has 3 rings (SSSR count). The Balaban J connectivity index is 1.55. The van der Waals surface area contributed by atoms with Crippen molar-refractivity contribution in [2.24, 2.45) is 0 Å². The second-order valence-corrected chi connectivity index (χ2v) is 7.23. The van der Waals surface area contributed by atoms with Crippen LogP contribution >= 0.6 is 15.9 Å². The number of aromatic nitrogens is 1. The molecule has 140 valence electrons. The number of ether oxygens (including phenoxy) is 2. The van der Waals surface area contributed by atoms with Gasteiger partial charge in [-0.15, -0.1) is 0 Å². The largest absolute Gasteiger partial charge is 0.492 e. The molecule has 1 aliphatic rings. The van der Waals surface area contributed by atoms with Gasteiger partial charge in [-0.1, -0.05) is 6.07 Å².